The van der Waals surface area contributed by atoms with E-state index in [1.54, 1.807) is 0 Å². The molecule has 34 heavy (non-hydrogen) atoms. The molecule has 0 unspecified atom stereocenters. The Labute approximate surface area is 210 Å². The molecule has 0 radical (unpaired) electrons. The van der Waals surface area contributed by atoms with Crippen molar-refractivity contribution in [3.8, 4) is 22.3 Å². The zero-order valence-electron chi connectivity index (χ0n) is 20.3. The maximum atomic E-state index is 4.07. The Morgan fingerprint density at radius 3 is 1.38 bits per heavy atom. The minimum atomic E-state index is 0.00948. The van der Waals surface area contributed by atoms with E-state index in [0.29, 0.717) is 0 Å². The zero-order valence-corrected chi connectivity index (χ0v) is 21.9. The van der Waals surface area contributed by atoms with Crippen molar-refractivity contribution in [2.45, 2.75) is 38.5 Å². The number of hydrogen-bond acceptors (Lipinski definition) is 0. The molecule has 0 aliphatic heterocycles. The van der Waals surface area contributed by atoms with Gasteiger partial charge in [0.25, 0.3) is 0 Å². The molecule has 0 aromatic heterocycles. The summed E-state index contributed by atoms with van der Waals surface area (Å²) in [6, 6.07) is 27.6. The SMILES string of the molecule is Bc1c2cc3c(cc2c(Br)c2cc4c(cc12)C(C)(C)c1ccccc1-4)-c1ccccc1C3(C)C. The lowest BCUT2D eigenvalue weighted by molar-refractivity contribution is 0.661. The van der Waals surface area contributed by atoms with Gasteiger partial charge in [0, 0.05) is 15.3 Å². The van der Waals surface area contributed by atoms with Crippen LogP contribution in [0.3, 0.4) is 0 Å². The first-order valence-electron chi connectivity index (χ1n) is 12.2. The number of halogens is 1. The van der Waals surface area contributed by atoms with E-state index in [1.165, 1.54) is 76.0 Å². The lowest BCUT2D eigenvalue weighted by Crippen LogP contribution is -2.17. The molecule has 2 aliphatic carbocycles. The average Bonchev–Trinajstić information content (AvgIpc) is 3.20. The van der Waals surface area contributed by atoms with Crippen LogP contribution in [0.5, 0.6) is 0 Å². The molecule has 0 N–H and O–H groups in total. The monoisotopic (exact) mass is 500 g/mol. The highest BCUT2D eigenvalue weighted by Crippen LogP contribution is 2.52. The maximum absolute atomic E-state index is 4.07. The Morgan fingerprint density at radius 1 is 0.529 bits per heavy atom. The second-order valence-electron chi connectivity index (χ2n) is 11.2. The van der Waals surface area contributed by atoms with Crippen LogP contribution in [0.15, 0.2) is 77.3 Å². The molecule has 0 fully saturated rings. The lowest BCUT2D eigenvalue weighted by Gasteiger charge is -2.24. The maximum Gasteiger partial charge on any atom is 0.140 e. The standard InChI is InChI=1S/C32H26BBr/c1-31(2)25-11-7-5-9-17(25)19-13-23-21(15-27(19)31)29(33)22-16-28-20(14-24(22)30(23)34)18-10-6-8-12-26(18)32(28,3)4/h5-16H,33H2,1-4H3. The van der Waals surface area contributed by atoms with Crippen molar-refractivity contribution >= 4 is 50.8 Å². The molecule has 0 heterocycles. The van der Waals surface area contributed by atoms with Crippen LogP contribution in [0.2, 0.25) is 0 Å². The highest BCUT2D eigenvalue weighted by atomic mass is 79.9. The molecule has 2 aliphatic rings. The second kappa shape index (κ2) is 6.43. The normalized spacial score (nSPS) is 16.4. The van der Waals surface area contributed by atoms with Gasteiger partial charge < -0.3 is 0 Å². The van der Waals surface area contributed by atoms with E-state index in [9.17, 15) is 0 Å². The fraction of sp³-hybridized carbons (Fsp3) is 0.188. The van der Waals surface area contributed by atoms with Gasteiger partial charge in [-0.1, -0.05) is 93.8 Å². The summed E-state index contributed by atoms with van der Waals surface area (Å²) in [6.07, 6.45) is 0. The summed E-state index contributed by atoms with van der Waals surface area (Å²) in [5.74, 6) is 0. The van der Waals surface area contributed by atoms with Crippen LogP contribution in [-0.4, -0.2) is 7.85 Å². The lowest BCUT2D eigenvalue weighted by atomic mass is 9.77. The van der Waals surface area contributed by atoms with Gasteiger partial charge in [0.1, 0.15) is 7.85 Å². The van der Waals surface area contributed by atoms with Gasteiger partial charge in [-0.15, -0.1) is 0 Å². The van der Waals surface area contributed by atoms with Crippen molar-refractivity contribution in [1.29, 1.82) is 0 Å². The van der Waals surface area contributed by atoms with Crippen LogP contribution in [0.4, 0.5) is 0 Å². The Bertz CT molecular complexity index is 1600. The van der Waals surface area contributed by atoms with Crippen molar-refractivity contribution in [2.24, 2.45) is 0 Å². The van der Waals surface area contributed by atoms with Crippen LogP contribution in [-0.2, 0) is 10.8 Å². The van der Waals surface area contributed by atoms with Crippen molar-refractivity contribution in [3.05, 3.63) is 99.5 Å². The predicted molar refractivity (Wildman–Crippen MR) is 152 cm³/mol. The minimum Gasteiger partial charge on any atom is -0.0735 e. The fourth-order valence-electron chi connectivity index (χ4n) is 6.77. The number of rotatable bonds is 0. The molecule has 0 amide bonds. The van der Waals surface area contributed by atoms with Gasteiger partial charge in [0.2, 0.25) is 0 Å². The summed E-state index contributed by atoms with van der Waals surface area (Å²) in [6.45, 7) is 9.45. The third-order valence-corrected chi connectivity index (χ3v) is 9.58. The van der Waals surface area contributed by atoms with E-state index in [0.717, 1.165) is 0 Å². The third kappa shape index (κ3) is 2.35. The minimum absolute atomic E-state index is 0.00948. The molecule has 0 saturated carbocycles. The van der Waals surface area contributed by atoms with Gasteiger partial charge in [0.05, 0.1) is 0 Å². The van der Waals surface area contributed by atoms with Gasteiger partial charge in [-0.2, -0.15) is 0 Å². The van der Waals surface area contributed by atoms with Crippen molar-refractivity contribution in [3.63, 3.8) is 0 Å². The van der Waals surface area contributed by atoms with Gasteiger partial charge in [0.15, 0.2) is 0 Å². The quantitative estimate of drug-likeness (QED) is 0.151. The molecule has 0 spiro atoms. The molecule has 5 aromatic rings. The topological polar surface area (TPSA) is 0 Å². The van der Waals surface area contributed by atoms with E-state index in [1.807, 2.05) is 0 Å². The molecule has 5 aromatic carbocycles. The summed E-state index contributed by atoms with van der Waals surface area (Å²) in [7, 11) is 2.31. The molecule has 0 nitrogen and oxygen atoms in total. The highest BCUT2D eigenvalue weighted by Gasteiger charge is 2.37. The summed E-state index contributed by atoms with van der Waals surface area (Å²) >= 11 is 4.07. The molecule has 2 heteroatoms. The summed E-state index contributed by atoms with van der Waals surface area (Å²) in [4.78, 5) is 0. The van der Waals surface area contributed by atoms with Crippen LogP contribution in [0.1, 0.15) is 49.9 Å². The van der Waals surface area contributed by atoms with Crippen LogP contribution in [0.25, 0.3) is 43.8 Å². The van der Waals surface area contributed by atoms with E-state index in [2.05, 4.69) is 124 Å². The van der Waals surface area contributed by atoms with Crippen LogP contribution >= 0.6 is 15.9 Å². The van der Waals surface area contributed by atoms with Gasteiger partial charge in [-0.3, -0.25) is 0 Å². The van der Waals surface area contributed by atoms with Crippen LogP contribution < -0.4 is 5.46 Å². The number of fused-ring (bicyclic) bond motifs is 8. The first kappa shape index (κ1) is 20.5. The van der Waals surface area contributed by atoms with Gasteiger partial charge in [-0.05, 0) is 94.1 Å². The molecule has 0 atom stereocenters. The number of benzene rings is 5. The first-order chi connectivity index (χ1) is 16.2. The zero-order chi connectivity index (χ0) is 23.6. The number of hydrogen-bond donors (Lipinski definition) is 0. The summed E-state index contributed by atoms with van der Waals surface area (Å²) < 4.78 is 1.21. The van der Waals surface area contributed by atoms with Crippen molar-refractivity contribution < 1.29 is 0 Å². The second-order valence-corrected chi connectivity index (χ2v) is 12.0. The molecule has 7 rings (SSSR count). The third-order valence-electron chi connectivity index (χ3n) is 8.72. The van der Waals surface area contributed by atoms with Crippen molar-refractivity contribution in [2.75, 3.05) is 0 Å². The smallest absolute Gasteiger partial charge is 0.0735 e. The fourth-order valence-corrected chi connectivity index (χ4v) is 7.43. The molecule has 0 bridgehead atoms. The van der Waals surface area contributed by atoms with E-state index in [-0.39, 0.29) is 10.8 Å². The Balaban J connectivity index is 1.60. The molecule has 0 saturated heterocycles. The highest BCUT2D eigenvalue weighted by molar-refractivity contribution is 9.10. The van der Waals surface area contributed by atoms with E-state index >= 15 is 0 Å². The van der Waals surface area contributed by atoms with Gasteiger partial charge >= 0.3 is 0 Å². The molecular formula is C32H26BBr. The summed E-state index contributed by atoms with van der Waals surface area (Å²) in [5.41, 5.74) is 12.6. The van der Waals surface area contributed by atoms with Gasteiger partial charge in [-0.25, -0.2) is 0 Å². The molecular weight excluding hydrogens is 475 g/mol. The first-order valence-corrected chi connectivity index (χ1v) is 12.9. The Morgan fingerprint density at radius 2 is 0.941 bits per heavy atom. The van der Waals surface area contributed by atoms with Crippen LogP contribution in [0, 0.1) is 0 Å². The molecule has 164 valence electrons. The van der Waals surface area contributed by atoms with E-state index in [4.69, 9.17) is 0 Å². The summed E-state index contributed by atoms with van der Waals surface area (Å²) in [5, 5.41) is 5.32. The average molecular weight is 501 g/mol. The Hall–Kier alpha value is -2.84. The predicted octanol–water partition coefficient (Wildman–Crippen LogP) is 7.63. The van der Waals surface area contributed by atoms with E-state index < -0.39 is 0 Å². The van der Waals surface area contributed by atoms with Crippen molar-refractivity contribution in [1.82, 2.24) is 0 Å². The Kier molecular flexibility index (Phi) is 3.88. The largest absolute Gasteiger partial charge is 0.140 e.